The molecule has 0 heterocycles. The number of carbonyl (C=O) groups excluding carboxylic acids is 1. The lowest BCUT2D eigenvalue weighted by Crippen LogP contribution is -2.14. The van der Waals surface area contributed by atoms with Gasteiger partial charge in [-0.15, -0.1) is 0 Å². The van der Waals surface area contributed by atoms with E-state index in [2.05, 4.69) is 5.32 Å². The largest absolute Gasteiger partial charge is 0.507 e. The minimum Gasteiger partial charge on any atom is -0.507 e. The third-order valence-corrected chi connectivity index (χ3v) is 2.69. The maximum absolute atomic E-state index is 13.6. The quantitative estimate of drug-likeness (QED) is 0.751. The number of phenolic OH excluding ortho intramolecular Hbond substituents is 1. The van der Waals surface area contributed by atoms with Crippen LogP contribution in [0.5, 0.6) is 11.5 Å². The summed E-state index contributed by atoms with van der Waals surface area (Å²) in [7, 11) is 1.43. The molecule has 0 aliphatic carbocycles. The molecule has 20 heavy (non-hydrogen) atoms. The van der Waals surface area contributed by atoms with Crippen LogP contribution in [0.2, 0.25) is 0 Å². The number of benzene rings is 2. The third-order valence-electron chi connectivity index (χ3n) is 2.69. The Morgan fingerprint density at radius 1 is 1.35 bits per heavy atom. The molecule has 1 amide bonds. The number of nitrogen functional groups attached to an aromatic ring is 1. The molecule has 0 aliphatic rings. The number of nitrogens with two attached hydrogens (primary N) is 1. The monoisotopic (exact) mass is 276 g/mol. The number of methoxy groups -OCH3 is 1. The van der Waals surface area contributed by atoms with Crippen LogP contribution in [0.15, 0.2) is 36.4 Å². The summed E-state index contributed by atoms with van der Waals surface area (Å²) >= 11 is 0. The highest BCUT2D eigenvalue weighted by Crippen LogP contribution is 2.28. The molecule has 2 aromatic rings. The molecule has 2 aromatic carbocycles. The number of nitrogens with one attached hydrogen (secondary N) is 1. The number of hydrogen-bond acceptors (Lipinski definition) is 4. The van der Waals surface area contributed by atoms with Gasteiger partial charge in [-0.05, 0) is 30.3 Å². The van der Waals surface area contributed by atoms with Crippen molar-refractivity contribution < 1.29 is 19.0 Å². The van der Waals surface area contributed by atoms with Gasteiger partial charge >= 0.3 is 0 Å². The predicted molar refractivity (Wildman–Crippen MR) is 73.4 cm³/mol. The van der Waals surface area contributed by atoms with Crippen molar-refractivity contribution >= 4 is 17.3 Å². The Kier molecular flexibility index (Phi) is 3.74. The van der Waals surface area contributed by atoms with Crippen molar-refractivity contribution in [1.29, 1.82) is 0 Å². The van der Waals surface area contributed by atoms with Gasteiger partial charge in [0, 0.05) is 5.69 Å². The molecule has 104 valence electrons. The summed E-state index contributed by atoms with van der Waals surface area (Å²) in [6, 6.07) is 8.29. The van der Waals surface area contributed by atoms with Crippen molar-refractivity contribution in [3.63, 3.8) is 0 Å². The van der Waals surface area contributed by atoms with Gasteiger partial charge in [0.15, 0.2) is 0 Å². The van der Waals surface area contributed by atoms with Crippen LogP contribution in [-0.2, 0) is 0 Å². The van der Waals surface area contributed by atoms with E-state index in [9.17, 15) is 14.3 Å². The summed E-state index contributed by atoms with van der Waals surface area (Å²) in [6.45, 7) is 0. The Morgan fingerprint density at radius 2 is 2.10 bits per heavy atom. The standard InChI is InChI=1S/C14H13FN2O3/c1-20-12-6-5-8(16)7-10(12)17-14(19)13-9(15)3-2-4-11(13)18/h2-7,18H,16H2,1H3,(H,17,19). The van der Waals surface area contributed by atoms with Crippen molar-refractivity contribution in [3.05, 3.63) is 47.8 Å². The summed E-state index contributed by atoms with van der Waals surface area (Å²) in [5.41, 5.74) is 5.90. The molecule has 0 unspecified atom stereocenters. The number of ether oxygens (including phenoxy) is 1. The first-order valence-corrected chi connectivity index (χ1v) is 5.75. The summed E-state index contributed by atoms with van der Waals surface area (Å²) < 4.78 is 18.7. The second-order valence-electron chi connectivity index (χ2n) is 4.05. The molecule has 0 saturated heterocycles. The fourth-order valence-corrected chi connectivity index (χ4v) is 1.75. The minimum absolute atomic E-state index is 0.292. The number of hydrogen-bond donors (Lipinski definition) is 3. The number of carbonyl (C=O) groups is 1. The van der Waals surface area contributed by atoms with E-state index in [1.54, 1.807) is 12.1 Å². The molecule has 5 nitrogen and oxygen atoms in total. The molecule has 0 atom stereocenters. The van der Waals surface area contributed by atoms with Crippen LogP contribution < -0.4 is 15.8 Å². The molecule has 0 spiro atoms. The van der Waals surface area contributed by atoms with Gasteiger partial charge in [-0.2, -0.15) is 0 Å². The van der Waals surface area contributed by atoms with Gasteiger partial charge in [-0.25, -0.2) is 4.39 Å². The molecule has 0 bridgehead atoms. The lowest BCUT2D eigenvalue weighted by Gasteiger charge is -2.12. The van der Waals surface area contributed by atoms with E-state index in [0.29, 0.717) is 17.1 Å². The van der Waals surface area contributed by atoms with Crippen LogP contribution >= 0.6 is 0 Å². The Labute approximate surface area is 114 Å². The second-order valence-corrected chi connectivity index (χ2v) is 4.05. The van der Waals surface area contributed by atoms with Crippen LogP contribution in [-0.4, -0.2) is 18.1 Å². The zero-order valence-electron chi connectivity index (χ0n) is 10.7. The molecular formula is C14H13FN2O3. The normalized spacial score (nSPS) is 10.1. The summed E-state index contributed by atoms with van der Waals surface area (Å²) in [4.78, 5) is 12.0. The lowest BCUT2D eigenvalue weighted by molar-refractivity contribution is 0.102. The SMILES string of the molecule is COc1ccc(N)cc1NC(=O)c1c(O)cccc1F. The number of amides is 1. The Balaban J connectivity index is 2.35. The predicted octanol–water partition coefficient (Wildman–Crippen LogP) is 2.37. The fourth-order valence-electron chi connectivity index (χ4n) is 1.75. The number of phenols is 1. The zero-order valence-corrected chi connectivity index (χ0v) is 10.7. The summed E-state index contributed by atoms with van der Waals surface area (Å²) in [5.74, 6) is -1.66. The summed E-state index contributed by atoms with van der Waals surface area (Å²) in [5, 5.41) is 12.0. The zero-order chi connectivity index (χ0) is 14.7. The maximum Gasteiger partial charge on any atom is 0.262 e. The molecule has 2 rings (SSSR count). The van der Waals surface area contributed by atoms with Crippen molar-refractivity contribution in [2.24, 2.45) is 0 Å². The third kappa shape index (κ3) is 2.64. The molecular weight excluding hydrogens is 263 g/mol. The average Bonchev–Trinajstić information content (AvgIpc) is 2.38. The number of aromatic hydroxyl groups is 1. The first-order valence-electron chi connectivity index (χ1n) is 5.75. The summed E-state index contributed by atoms with van der Waals surface area (Å²) in [6.07, 6.45) is 0. The van der Waals surface area contributed by atoms with Crippen molar-refractivity contribution in [1.82, 2.24) is 0 Å². The Bertz CT molecular complexity index is 639. The first kappa shape index (κ1) is 13.7. The van der Waals surface area contributed by atoms with Crippen LogP contribution in [0.1, 0.15) is 10.4 Å². The van der Waals surface area contributed by atoms with Crippen LogP contribution in [0.4, 0.5) is 15.8 Å². The number of halogens is 1. The van der Waals surface area contributed by atoms with E-state index in [1.807, 2.05) is 0 Å². The van der Waals surface area contributed by atoms with Gasteiger partial charge in [0.1, 0.15) is 22.9 Å². The molecule has 0 saturated carbocycles. The van der Waals surface area contributed by atoms with Gasteiger partial charge < -0.3 is 20.9 Å². The lowest BCUT2D eigenvalue weighted by atomic mass is 10.1. The van der Waals surface area contributed by atoms with Gasteiger partial charge in [-0.3, -0.25) is 4.79 Å². The molecule has 4 N–H and O–H groups in total. The van der Waals surface area contributed by atoms with Crippen molar-refractivity contribution in [2.75, 3.05) is 18.2 Å². The van der Waals surface area contributed by atoms with E-state index in [-0.39, 0.29) is 0 Å². The van der Waals surface area contributed by atoms with Gasteiger partial charge in [0.25, 0.3) is 5.91 Å². The highest BCUT2D eigenvalue weighted by molar-refractivity contribution is 6.07. The molecule has 0 aliphatic heterocycles. The Hall–Kier alpha value is -2.76. The molecule has 0 fully saturated rings. The van der Waals surface area contributed by atoms with E-state index < -0.39 is 23.0 Å². The van der Waals surface area contributed by atoms with Crippen LogP contribution in [0.3, 0.4) is 0 Å². The number of rotatable bonds is 3. The maximum atomic E-state index is 13.6. The molecule has 0 radical (unpaired) electrons. The van der Waals surface area contributed by atoms with Gasteiger partial charge in [0.2, 0.25) is 0 Å². The highest BCUT2D eigenvalue weighted by atomic mass is 19.1. The van der Waals surface area contributed by atoms with E-state index >= 15 is 0 Å². The topological polar surface area (TPSA) is 84.6 Å². The van der Waals surface area contributed by atoms with Gasteiger partial charge in [-0.1, -0.05) is 6.07 Å². The van der Waals surface area contributed by atoms with Crippen LogP contribution in [0, 0.1) is 5.82 Å². The van der Waals surface area contributed by atoms with E-state index in [1.165, 1.54) is 25.3 Å². The van der Waals surface area contributed by atoms with Gasteiger partial charge in [0.05, 0.1) is 12.8 Å². The average molecular weight is 276 g/mol. The molecule has 6 heteroatoms. The minimum atomic E-state index is -0.814. The van der Waals surface area contributed by atoms with Crippen LogP contribution in [0.25, 0.3) is 0 Å². The van der Waals surface area contributed by atoms with Crippen molar-refractivity contribution in [2.45, 2.75) is 0 Å². The number of anilines is 2. The Morgan fingerprint density at radius 3 is 2.75 bits per heavy atom. The fraction of sp³-hybridized carbons (Fsp3) is 0.0714. The smallest absolute Gasteiger partial charge is 0.262 e. The molecule has 0 aromatic heterocycles. The first-order chi connectivity index (χ1) is 9.52. The highest BCUT2D eigenvalue weighted by Gasteiger charge is 2.18. The van der Waals surface area contributed by atoms with Crippen molar-refractivity contribution in [3.8, 4) is 11.5 Å². The van der Waals surface area contributed by atoms with E-state index in [4.69, 9.17) is 10.5 Å². The second kappa shape index (κ2) is 5.48. The van der Waals surface area contributed by atoms with E-state index in [0.717, 1.165) is 6.07 Å².